The highest BCUT2D eigenvalue weighted by molar-refractivity contribution is 9.11. The van der Waals surface area contributed by atoms with Gasteiger partial charge in [0, 0.05) is 17.9 Å². The van der Waals surface area contributed by atoms with Gasteiger partial charge in [0.2, 0.25) is 0 Å². The molecule has 0 bridgehead atoms. The number of hydrogen-bond acceptors (Lipinski definition) is 2. The van der Waals surface area contributed by atoms with E-state index in [9.17, 15) is 4.79 Å². The van der Waals surface area contributed by atoms with Gasteiger partial charge in [-0.3, -0.25) is 4.79 Å². The lowest BCUT2D eigenvalue weighted by atomic mass is 10.1. The number of amides is 1. The van der Waals surface area contributed by atoms with Crippen LogP contribution in [0.3, 0.4) is 0 Å². The van der Waals surface area contributed by atoms with Crippen LogP contribution in [0.5, 0.6) is 0 Å². The summed E-state index contributed by atoms with van der Waals surface area (Å²) in [6.45, 7) is 7.06. The van der Waals surface area contributed by atoms with Gasteiger partial charge in [-0.25, -0.2) is 0 Å². The fourth-order valence-corrected chi connectivity index (χ4v) is 3.85. The zero-order valence-corrected chi connectivity index (χ0v) is 15.0. The summed E-state index contributed by atoms with van der Waals surface area (Å²) in [5.41, 5.74) is 1.13. The van der Waals surface area contributed by atoms with Gasteiger partial charge in [0.15, 0.2) is 0 Å². The van der Waals surface area contributed by atoms with Crippen molar-refractivity contribution in [2.45, 2.75) is 39.7 Å². The average Bonchev–Trinajstić information content (AvgIpc) is 2.69. The van der Waals surface area contributed by atoms with Crippen molar-refractivity contribution in [2.24, 2.45) is 0 Å². The van der Waals surface area contributed by atoms with E-state index in [2.05, 4.69) is 45.7 Å². The van der Waals surface area contributed by atoms with E-state index >= 15 is 0 Å². The minimum Gasteiger partial charge on any atom is -0.334 e. The molecule has 0 aromatic carbocycles. The maximum Gasteiger partial charge on any atom is 0.264 e. The maximum absolute atomic E-state index is 12.6. The highest BCUT2D eigenvalue weighted by Gasteiger charge is 2.23. The maximum atomic E-state index is 12.6. The van der Waals surface area contributed by atoms with E-state index in [1.54, 1.807) is 0 Å². The Morgan fingerprint density at radius 2 is 2.06 bits per heavy atom. The Hall–Kier alpha value is 0.130. The first-order valence-electron chi connectivity index (χ1n) is 6.17. The molecule has 2 nitrogen and oxygen atoms in total. The van der Waals surface area contributed by atoms with E-state index in [1.165, 1.54) is 11.3 Å². The van der Waals surface area contributed by atoms with Gasteiger partial charge in [-0.05, 0) is 47.3 Å². The highest BCUT2D eigenvalue weighted by Crippen LogP contribution is 2.29. The van der Waals surface area contributed by atoms with Crippen LogP contribution in [0.2, 0.25) is 0 Å². The van der Waals surface area contributed by atoms with Gasteiger partial charge in [0.25, 0.3) is 5.91 Å². The first-order valence-corrected chi connectivity index (χ1v) is 8.91. The Balaban J connectivity index is 2.94. The monoisotopic (exact) mass is 395 g/mol. The molecule has 1 aromatic heterocycles. The van der Waals surface area contributed by atoms with Crippen LogP contribution in [0.4, 0.5) is 0 Å². The van der Waals surface area contributed by atoms with E-state index in [0.717, 1.165) is 38.9 Å². The molecule has 0 fully saturated rings. The Labute approximate surface area is 130 Å². The van der Waals surface area contributed by atoms with Crippen LogP contribution in [-0.2, 0) is 0 Å². The number of hydrogen-bond donors (Lipinski definition) is 0. The van der Waals surface area contributed by atoms with Crippen LogP contribution in [0.25, 0.3) is 0 Å². The largest absolute Gasteiger partial charge is 0.334 e. The van der Waals surface area contributed by atoms with Crippen LogP contribution < -0.4 is 0 Å². The van der Waals surface area contributed by atoms with Crippen molar-refractivity contribution in [3.8, 4) is 0 Å². The van der Waals surface area contributed by atoms with E-state index in [-0.39, 0.29) is 5.91 Å². The van der Waals surface area contributed by atoms with Crippen molar-refractivity contribution in [3.63, 3.8) is 0 Å². The predicted octanol–water partition coefficient (Wildman–Crippen LogP) is 4.84. The lowest BCUT2D eigenvalue weighted by Crippen LogP contribution is -2.40. The molecule has 0 saturated heterocycles. The summed E-state index contributed by atoms with van der Waals surface area (Å²) >= 11 is 8.44. The molecular weight excluding hydrogens is 378 g/mol. The molecule has 0 aliphatic carbocycles. The molecule has 0 aliphatic heterocycles. The molecule has 0 N–H and O–H groups in total. The average molecular weight is 397 g/mol. The summed E-state index contributed by atoms with van der Waals surface area (Å²) in [7, 11) is 0. The Kier molecular flexibility index (Phi) is 6.88. The van der Waals surface area contributed by atoms with Crippen molar-refractivity contribution in [3.05, 3.63) is 20.3 Å². The number of carbonyl (C=O) groups excluding carboxylic acids is 1. The van der Waals surface area contributed by atoms with Crippen molar-refractivity contribution in [1.29, 1.82) is 0 Å². The van der Waals surface area contributed by atoms with Gasteiger partial charge in [-0.2, -0.15) is 0 Å². The molecule has 1 aromatic rings. The predicted molar refractivity (Wildman–Crippen MR) is 86.0 cm³/mol. The molecule has 0 aliphatic rings. The molecule has 5 heteroatoms. The van der Waals surface area contributed by atoms with Crippen molar-refractivity contribution in [2.75, 3.05) is 11.9 Å². The molecule has 0 spiro atoms. The quantitative estimate of drug-likeness (QED) is 0.629. The number of nitrogens with zero attached hydrogens (tertiary/aromatic N) is 1. The molecule has 18 heavy (non-hydrogen) atoms. The number of rotatable bonds is 6. The van der Waals surface area contributed by atoms with Gasteiger partial charge in [-0.15, -0.1) is 11.3 Å². The topological polar surface area (TPSA) is 20.3 Å². The minimum atomic E-state index is 0.155. The standard InChI is InChI=1S/C13H19Br2NOS/c1-4-10(5-2)16(7-6-14)13(17)11-8-9(3)12(15)18-11/h8,10H,4-7H2,1-3H3. The number of halogens is 2. The summed E-state index contributed by atoms with van der Waals surface area (Å²) in [5, 5.41) is 0.820. The van der Waals surface area contributed by atoms with Crippen molar-refractivity contribution in [1.82, 2.24) is 4.90 Å². The number of thiophene rings is 1. The van der Waals surface area contributed by atoms with Crippen LogP contribution in [0, 0.1) is 6.92 Å². The van der Waals surface area contributed by atoms with Gasteiger partial charge in [0.1, 0.15) is 0 Å². The van der Waals surface area contributed by atoms with Crippen LogP contribution in [0.15, 0.2) is 9.85 Å². The fraction of sp³-hybridized carbons (Fsp3) is 0.615. The number of carbonyl (C=O) groups is 1. The normalized spacial score (nSPS) is 11.0. The van der Waals surface area contributed by atoms with Gasteiger partial charge < -0.3 is 4.90 Å². The second-order valence-corrected chi connectivity index (χ2v) is 7.39. The second kappa shape index (κ2) is 7.65. The Morgan fingerprint density at radius 1 is 1.44 bits per heavy atom. The van der Waals surface area contributed by atoms with E-state index in [0.29, 0.717) is 6.04 Å². The Morgan fingerprint density at radius 3 is 2.44 bits per heavy atom. The molecule has 102 valence electrons. The van der Waals surface area contributed by atoms with E-state index in [4.69, 9.17) is 0 Å². The number of alkyl halides is 1. The SMILES string of the molecule is CCC(CC)N(CCBr)C(=O)c1cc(C)c(Br)s1. The van der Waals surface area contributed by atoms with E-state index in [1.807, 2.05) is 17.9 Å². The third-order valence-corrected chi connectivity index (χ3v) is 5.52. The molecular formula is C13H19Br2NOS. The summed E-state index contributed by atoms with van der Waals surface area (Å²) in [6, 6.07) is 2.30. The zero-order chi connectivity index (χ0) is 13.7. The van der Waals surface area contributed by atoms with Gasteiger partial charge >= 0.3 is 0 Å². The molecule has 1 amide bonds. The lowest BCUT2D eigenvalue weighted by molar-refractivity contribution is 0.0688. The lowest BCUT2D eigenvalue weighted by Gasteiger charge is -2.29. The smallest absolute Gasteiger partial charge is 0.264 e. The first-order chi connectivity index (χ1) is 8.54. The zero-order valence-electron chi connectivity index (χ0n) is 11.0. The second-order valence-electron chi connectivity index (χ2n) is 4.23. The van der Waals surface area contributed by atoms with Crippen LogP contribution >= 0.6 is 43.2 Å². The molecule has 1 heterocycles. The fourth-order valence-electron chi connectivity index (χ4n) is 1.98. The number of aryl methyl sites for hydroxylation is 1. The van der Waals surface area contributed by atoms with Gasteiger partial charge in [-0.1, -0.05) is 29.8 Å². The summed E-state index contributed by atoms with van der Waals surface area (Å²) in [5.74, 6) is 0.155. The summed E-state index contributed by atoms with van der Waals surface area (Å²) in [4.78, 5) is 15.4. The van der Waals surface area contributed by atoms with Crippen LogP contribution in [0.1, 0.15) is 41.9 Å². The van der Waals surface area contributed by atoms with Crippen LogP contribution in [-0.4, -0.2) is 28.7 Å². The molecule has 1 rings (SSSR count). The van der Waals surface area contributed by atoms with Crippen molar-refractivity contribution >= 4 is 49.1 Å². The Bertz CT molecular complexity index is 382. The molecule has 0 radical (unpaired) electrons. The molecule has 0 unspecified atom stereocenters. The molecule has 0 atom stereocenters. The van der Waals surface area contributed by atoms with Gasteiger partial charge in [0.05, 0.1) is 8.66 Å². The molecule has 0 saturated carbocycles. The highest BCUT2D eigenvalue weighted by atomic mass is 79.9. The summed E-state index contributed by atoms with van der Waals surface area (Å²) < 4.78 is 1.05. The van der Waals surface area contributed by atoms with Crippen molar-refractivity contribution < 1.29 is 4.79 Å². The minimum absolute atomic E-state index is 0.155. The third-order valence-electron chi connectivity index (χ3n) is 3.04. The first kappa shape index (κ1) is 16.2. The van der Waals surface area contributed by atoms with E-state index < -0.39 is 0 Å². The summed E-state index contributed by atoms with van der Waals surface area (Å²) in [6.07, 6.45) is 2.00. The third kappa shape index (κ3) is 3.81.